The maximum atomic E-state index is 12.0. The van der Waals surface area contributed by atoms with E-state index < -0.39 is 5.54 Å². The molecular formula is C14H27N3OS. The van der Waals surface area contributed by atoms with Crippen molar-refractivity contribution in [2.24, 2.45) is 5.73 Å². The summed E-state index contributed by atoms with van der Waals surface area (Å²) in [6, 6.07) is 0. The van der Waals surface area contributed by atoms with Crippen molar-refractivity contribution in [1.82, 2.24) is 10.2 Å². The molecule has 0 aromatic carbocycles. The van der Waals surface area contributed by atoms with Crippen molar-refractivity contribution < 1.29 is 4.79 Å². The zero-order chi connectivity index (χ0) is 13.9. The smallest absolute Gasteiger partial charge is 0.239 e. The van der Waals surface area contributed by atoms with Gasteiger partial charge in [0.15, 0.2) is 0 Å². The molecule has 2 rings (SSSR count). The highest BCUT2D eigenvalue weighted by Gasteiger charge is 2.40. The Morgan fingerprint density at radius 3 is 2.42 bits per heavy atom. The summed E-state index contributed by atoms with van der Waals surface area (Å²) in [6.07, 6.45) is 4.99. The lowest BCUT2D eigenvalue weighted by molar-refractivity contribution is -0.125. The van der Waals surface area contributed by atoms with E-state index in [2.05, 4.69) is 10.2 Å². The number of nitrogens with two attached hydrogens (primary N) is 1. The molecule has 0 aromatic heterocycles. The number of hydrogen-bond donors (Lipinski definition) is 2. The van der Waals surface area contributed by atoms with E-state index in [0.717, 1.165) is 19.6 Å². The Morgan fingerprint density at radius 2 is 1.89 bits per heavy atom. The molecule has 4 nitrogen and oxygen atoms in total. The van der Waals surface area contributed by atoms with Gasteiger partial charge < -0.3 is 11.1 Å². The Labute approximate surface area is 120 Å². The largest absolute Gasteiger partial charge is 0.353 e. The van der Waals surface area contributed by atoms with Crippen LogP contribution in [0.2, 0.25) is 0 Å². The van der Waals surface area contributed by atoms with E-state index in [0.29, 0.717) is 0 Å². The summed E-state index contributed by atoms with van der Waals surface area (Å²) in [5, 5.41) is 3.09. The number of amides is 1. The van der Waals surface area contributed by atoms with Crippen LogP contribution >= 0.6 is 11.8 Å². The van der Waals surface area contributed by atoms with E-state index in [-0.39, 0.29) is 11.4 Å². The zero-order valence-corrected chi connectivity index (χ0v) is 13.0. The van der Waals surface area contributed by atoms with Crippen molar-refractivity contribution in [2.75, 3.05) is 31.1 Å². The molecule has 2 fully saturated rings. The molecule has 0 atom stereocenters. The molecule has 5 heteroatoms. The van der Waals surface area contributed by atoms with Gasteiger partial charge in [-0.05, 0) is 26.7 Å². The summed E-state index contributed by atoms with van der Waals surface area (Å²) in [5.74, 6) is 2.40. The quantitative estimate of drug-likeness (QED) is 0.815. The highest BCUT2D eigenvalue weighted by atomic mass is 32.2. The van der Waals surface area contributed by atoms with Crippen LogP contribution in [0.4, 0.5) is 0 Å². The highest BCUT2D eigenvalue weighted by Crippen LogP contribution is 2.36. The fraction of sp³-hybridized carbons (Fsp3) is 0.929. The van der Waals surface area contributed by atoms with E-state index in [9.17, 15) is 4.79 Å². The van der Waals surface area contributed by atoms with Crippen LogP contribution < -0.4 is 11.1 Å². The maximum Gasteiger partial charge on any atom is 0.239 e. The van der Waals surface area contributed by atoms with Gasteiger partial charge in [-0.1, -0.05) is 12.8 Å². The lowest BCUT2D eigenvalue weighted by Gasteiger charge is -2.43. The Kier molecular flexibility index (Phi) is 4.79. The average Bonchev–Trinajstić information content (AvgIpc) is 2.86. The first-order valence-electron chi connectivity index (χ1n) is 7.34. The number of nitrogens with one attached hydrogen (secondary N) is 1. The molecule has 0 unspecified atom stereocenters. The lowest BCUT2D eigenvalue weighted by Crippen LogP contribution is -2.59. The summed E-state index contributed by atoms with van der Waals surface area (Å²) in [5.41, 5.74) is 5.27. The normalized spacial score (nSPS) is 24.4. The van der Waals surface area contributed by atoms with Gasteiger partial charge in [0, 0.05) is 36.7 Å². The molecule has 110 valence electrons. The first-order chi connectivity index (χ1) is 8.94. The van der Waals surface area contributed by atoms with Crippen LogP contribution in [0.3, 0.4) is 0 Å². The predicted molar refractivity (Wildman–Crippen MR) is 81.4 cm³/mol. The van der Waals surface area contributed by atoms with Crippen molar-refractivity contribution in [3.05, 3.63) is 0 Å². The molecule has 3 N–H and O–H groups in total. The number of carbonyl (C=O) groups is 1. The topological polar surface area (TPSA) is 58.4 Å². The van der Waals surface area contributed by atoms with Crippen molar-refractivity contribution in [2.45, 2.75) is 50.6 Å². The molecule has 0 radical (unpaired) electrons. The van der Waals surface area contributed by atoms with Crippen molar-refractivity contribution in [3.63, 3.8) is 0 Å². The van der Waals surface area contributed by atoms with Gasteiger partial charge in [-0.2, -0.15) is 11.8 Å². The molecule has 1 saturated heterocycles. The monoisotopic (exact) mass is 285 g/mol. The van der Waals surface area contributed by atoms with Gasteiger partial charge in [0.05, 0.1) is 5.54 Å². The zero-order valence-electron chi connectivity index (χ0n) is 12.2. The predicted octanol–water partition coefficient (Wildman–Crippen LogP) is 1.20. The molecule has 1 amide bonds. The molecule has 0 spiro atoms. The summed E-state index contributed by atoms with van der Waals surface area (Å²) >= 11 is 2.04. The SMILES string of the molecule is CC(C)(N)C(=O)NCC1(N2CCSCC2)CCCC1. The van der Waals surface area contributed by atoms with Gasteiger partial charge in [-0.15, -0.1) is 0 Å². The van der Waals surface area contributed by atoms with Crippen molar-refractivity contribution in [1.29, 1.82) is 0 Å². The van der Waals surface area contributed by atoms with Gasteiger partial charge in [0.25, 0.3) is 0 Å². The molecule has 1 aliphatic heterocycles. The molecule has 0 bridgehead atoms. The van der Waals surface area contributed by atoms with Gasteiger partial charge in [-0.25, -0.2) is 0 Å². The molecule has 1 heterocycles. The third kappa shape index (κ3) is 3.64. The van der Waals surface area contributed by atoms with Crippen LogP contribution in [0.25, 0.3) is 0 Å². The van der Waals surface area contributed by atoms with E-state index in [1.54, 1.807) is 13.8 Å². The lowest BCUT2D eigenvalue weighted by atomic mass is 9.94. The number of nitrogens with zero attached hydrogens (tertiary/aromatic N) is 1. The molecular weight excluding hydrogens is 258 g/mol. The van der Waals surface area contributed by atoms with Gasteiger partial charge >= 0.3 is 0 Å². The average molecular weight is 285 g/mol. The second kappa shape index (κ2) is 6.02. The molecule has 1 saturated carbocycles. The third-order valence-corrected chi connectivity index (χ3v) is 5.32. The molecule has 0 aromatic rings. The number of hydrogen-bond acceptors (Lipinski definition) is 4. The Hall–Kier alpha value is -0.260. The standard InChI is InChI=1S/C14H27N3OS/c1-13(2,15)12(18)16-11-14(5-3-4-6-14)17-7-9-19-10-8-17/h3-11,15H2,1-2H3,(H,16,18). The van der Waals surface area contributed by atoms with Gasteiger partial charge in [0.1, 0.15) is 0 Å². The van der Waals surface area contributed by atoms with Crippen LogP contribution in [0.1, 0.15) is 39.5 Å². The minimum Gasteiger partial charge on any atom is -0.353 e. The third-order valence-electron chi connectivity index (χ3n) is 4.38. The van der Waals surface area contributed by atoms with Crippen molar-refractivity contribution >= 4 is 17.7 Å². The second-order valence-electron chi connectivity index (χ2n) is 6.44. The van der Waals surface area contributed by atoms with Crippen LogP contribution in [-0.4, -0.2) is 53.0 Å². The fourth-order valence-corrected chi connectivity index (χ4v) is 4.05. The number of thioether (sulfide) groups is 1. The van der Waals surface area contributed by atoms with Crippen LogP contribution in [0, 0.1) is 0 Å². The summed E-state index contributed by atoms with van der Waals surface area (Å²) in [7, 11) is 0. The summed E-state index contributed by atoms with van der Waals surface area (Å²) in [6.45, 7) is 6.61. The van der Waals surface area contributed by atoms with Crippen LogP contribution in [0.15, 0.2) is 0 Å². The van der Waals surface area contributed by atoms with E-state index in [1.165, 1.54) is 37.2 Å². The first-order valence-corrected chi connectivity index (χ1v) is 8.50. The Balaban J connectivity index is 1.97. The van der Waals surface area contributed by atoms with Crippen molar-refractivity contribution in [3.8, 4) is 0 Å². The number of rotatable bonds is 4. The first kappa shape index (κ1) is 15.1. The number of carbonyl (C=O) groups excluding carboxylic acids is 1. The molecule has 1 aliphatic carbocycles. The minimum atomic E-state index is -0.780. The highest BCUT2D eigenvalue weighted by molar-refractivity contribution is 7.99. The van der Waals surface area contributed by atoms with Crippen LogP contribution in [0.5, 0.6) is 0 Å². The Bertz CT molecular complexity index is 315. The summed E-state index contributed by atoms with van der Waals surface area (Å²) < 4.78 is 0. The van der Waals surface area contributed by atoms with Gasteiger partial charge in [0.2, 0.25) is 5.91 Å². The van der Waals surface area contributed by atoms with E-state index in [1.807, 2.05) is 11.8 Å². The second-order valence-corrected chi connectivity index (χ2v) is 7.66. The van der Waals surface area contributed by atoms with E-state index in [4.69, 9.17) is 5.73 Å². The fourth-order valence-electron chi connectivity index (χ4n) is 3.15. The maximum absolute atomic E-state index is 12.0. The Morgan fingerprint density at radius 1 is 1.32 bits per heavy atom. The van der Waals surface area contributed by atoms with Gasteiger partial charge in [-0.3, -0.25) is 9.69 Å². The van der Waals surface area contributed by atoms with E-state index >= 15 is 0 Å². The minimum absolute atomic E-state index is 0.0369. The molecule has 19 heavy (non-hydrogen) atoms. The summed E-state index contributed by atoms with van der Waals surface area (Å²) in [4.78, 5) is 14.6. The van der Waals surface area contributed by atoms with Crippen LogP contribution in [-0.2, 0) is 4.79 Å². The molecule has 2 aliphatic rings.